The molecule has 0 radical (unpaired) electrons. The second-order valence-corrected chi connectivity index (χ2v) is 17.7. The van der Waals surface area contributed by atoms with Crippen molar-refractivity contribution in [3.05, 3.63) is 176 Å². The summed E-state index contributed by atoms with van der Waals surface area (Å²) in [5.74, 6) is 6.35. The molecule has 478 valence electrons. The molecule has 0 N–H and O–H groups in total. The van der Waals surface area contributed by atoms with Gasteiger partial charge in [0.25, 0.3) is 0 Å². The van der Waals surface area contributed by atoms with Crippen molar-refractivity contribution in [3.63, 3.8) is 0 Å². The Kier molecular flexibility index (Phi) is 26.1. The van der Waals surface area contributed by atoms with Crippen LogP contribution in [0.4, 0.5) is 39.5 Å². The first-order chi connectivity index (χ1) is 42.0. The summed E-state index contributed by atoms with van der Waals surface area (Å²) in [7, 11) is 1.90. The van der Waals surface area contributed by atoms with E-state index >= 15 is 0 Å². The van der Waals surface area contributed by atoms with Crippen LogP contribution in [0.25, 0.3) is 75.2 Å². The number of benzene rings is 1. The largest absolute Gasteiger partial charge is 2.00 e. The zero-order valence-corrected chi connectivity index (χ0v) is 54.1. The third-order valence-corrected chi connectivity index (χ3v) is 10.9. The van der Waals surface area contributed by atoms with E-state index in [1.54, 1.807) is 43.7 Å². The van der Waals surface area contributed by atoms with Crippen molar-refractivity contribution in [2.75, 3.05) is 0 Å². The van der Waals surface area contributed by atoms with Gasteiger partial charge in [-0.05, 0) is 83.1 Å². The molecule has 1 aromatic carbocycles. The van der Waals surface area contributed by atoms with Crippen LogP contribution in [0.1, 0.15) is 54.4 Å². The number of aryl methyl sites for hydroxylation is 4. The predicted octanol–water partition coefficient (Wildman–Crippen LogP) is 7.46. The molecule has 0 saturated heterocycles. The minimum Gasteiger partial charge on any atom is -0.572 e. The molecular weight excluding hydrogens is 1760 g/mol. The van der Waals surface area contributed by atoms with Crippen molar-refractivity contribution in [3.8, 4) is 75.2 Å². The summed E-state index contributed by atoms with van der Waals surface area (Å²) in [6.45, 7) is 9.62. The van der Waals surface area contributed by atoms with Gasteiger partial charge in [-0.15, -0.1) is 0 Å². The van der Waals surface area contributed by atoms with Gasteiger partial charge in [-0.25, -0.2) is 44.9 Å². The van der Waals surface area contributed by atoms with E-state index in [0.29, 0.717) is 46.8 Å². The fraction of sp³-hybridized carbons (Fsp3) is 0.192. The summed E-state index contributed by atoms with van der Waals surface area (Å²) in [6.07, 6.45) is 5.91. The SMILES string of the molecule is Cc1n[n-]c(-c2nccn2-c2ccccc2)n1.Cc1n[n-]c(-c2nccn2C(C)C)n1.Cc1n[n-]c(-c2nccn2C)n1.FC(F)(F)c1cc(-c2ncccn2)[n-]n1.FC(F)(F)c1cc(-c2ncccn2)[n-]n1.FC(F)(F)c1cc(-c2ncccn2)[n-]n1.[Pt+2].[Pt+2].[Pt+2]. The van der Waals surface area contributed by atoms with Gasteiger partial charge in [0.1, 0.15) is 52.0 Å². The molecule has 27 nitrogen and oxygen atoms in total. The van der Waals surface area contributed by atoms with E-state index in [1.807, 2.05) is 83.5 Å². The van der Waals surface area contributed by atoms with Crippen LogP contribution >= 0.6 is 0 Å². The van der Waals surface area contributed by atoms with Gasteiger partial charge in [0, 0.05) is 128 Å². The first-order valence-electron chi connectivity index (χ1n) is 25.2. The molecule has 0 aliphatic heterocycles. The summed E-state index contributed by atoms with van der Waals surface area (Å²) in [6, 6.07) is 17.4. The molecule has 13 rings (SSSR count). The smallest absolute Gasteiger partial charge is 0.572 e. The standard InChI is InChI=1S/C12H10N5.C9H12N5.3C8H4F3N4.C7H8N5.3Pt/c1-9-14-11(16-15-9)12-13-7-8-17(12)10-5-3-2-4-6-10;1-6(2)14-5-4-10-9(14)8-11-7(3)12-13-8;3*9-8(10,11)6-4-5(14-15-6)7-12-2-1-3-13-7;1-5-9-6(11-10-5)7-8-3-4-12(7)2;;;/h2-8H,1H3;4-6H,1-3H3;3*1-4H;3-4H,1-2H3;;;/q6*-1;3*+2. The first kappa shape index (κ1) is 72.3. The fourth-order valence-corrected chi connectivity index (χ4v) is 6.91. The molecule has 0 saturated carbocycles. The van der Waals surface area contributed by atoms with Gasteiger partial charge in [0.2, 0.25) is 0 Å². The fourth-order valence-electron chi connectivity index (χ4n) is 6.91. The third kappa shape index (κ3) is 20.3. The van der Waals surface area contributed by atoms with Crippen LogP contribution in [-0.2, 0) is 88.8 Å². The Bertz CT molecular complexity index is 3980. The maximum atomic E-state index is 12.2. The Morgan fingerprint density at radius 2 is 0.725 bits per heavy atom. The minimum absolute atomic E-state index is 0. The van der Waals surface area contributed by atoms with E-state index < -0.39 is 35.6 Å². The number of hydrogen-bond acceptors (Lipinski definition) is 18. The molecule has 0 aliphatic rings. The van der Waals surface area contributed by atoms with Crippen LogP contribution in [0, 0.1) is 20.8 Å². The van der Waals surface area contributed by atoms with Gasteiger partial charge in [-0.1, -0.05) is 35.3 Å². The Labute approximate surface area is 551 Å². The Morgan fingerprint density at radius 1 is 0.385 bits per heavy atom. The molecule has 0 atom stereocenters. The molecule has 0 aliphatic carbocycles. The average molecular weight is 1800 g/mol. The summed E-state index contributed by atoms with van der Waals surface area (Å²) < 4.78 is 115. The van der Waals surface area contributed by atoms with Crippen molar-refractivity contribution in [1.82, 2.24) is 135 Å². The van der Waals surface area contributed by atoms with E-state index in [-0.39, 0.29) is 97.8 Å². The Morgan fingerprint density at radius 3 is 1.05 bits per heavy atom. The number of alkyl halides is 9. The van der Waals surface area contributed by atoms with Crippen LogP contribution in [0.3, 0.4) is 0 Å². The van der Waals surface area contributed by atoms with E-state index in [1.165, 1.54) is 37.2 Å². The van der Waals surface area contributed by atoms with Gasteiger partial charge in [0.05, 0.1) is 0 Å². The summed E-state index contributed by atoms with van der Waals surface area (Å²) in [5.41, 5.74) is -2.03. The van der Waals surface area contributed by atoms with Crippen molar-refractivity contribution < 1.29 is 103 Å². The first-order valence-corrected chi connectivity index (χ1v) is 25.2. The maximum Gasteiger partial charge on any atom is 2.00 e. The summed E-state index contributed by atoms with van der Waals surface area (Å²) in [4.78, 5) is 47.7. The van der Waals surface area contributed by atoms with Crippen molar-refractivity contribution >= 4 is 0 Å². The topological polar surface area (TPSA) is 331 Å². The van der Waals surface area contributed by atoms with Crippen molar-refractivity contribution in [2.45, 2.75) is 59.2 Å². The van der Waals surface area contributed by atoms with Gasteiger partial charge >= 0.3 is 81.7 Å². The van der Waals surface area contributed by atoms with Gasteiger partial charge < -0.3 is 74.5 Å². The van der Waals surface area contributed by atoms with Gasteiger partial charge in [0.15, 0.2) is 0 Å². The third-order valence-electron chi connectivity index (χ3n) is 10.9. The number of rotatable bonds is 8. The molecule has 0 spiro atoms. The Balaban J connectivity index is 0.000000198. The zero-order valence-electron chi connectivity index (χ0n) is 47.3. The maximum absolute atomic E-state index is 12.2. The van der Waals surface area contributed by atoms with E-state index in [0.717, 1.165) is 35.5 Å². The van der Waals surface area contributed by atoms with Gasteiger partial charge in [-0.2, -0.15) is 39.5 Å². The second-order valence-electron chi connectivity index (χ2n) is 17.7. The molecule has 13 aromatic rings. The normalized spacial score (nSPS) is 10.9. The molecule has 12 aromatic heterocycles. The minimum atomic E-state index is -4.49. The van der Waals surface area contributed by atoms with Crippen LogP contribution in [-0.4, -0.2) is 104 Å². The molecule has 0 unspecified atom stereocenters. The Hall–Kier alpha value is -9.43. The van der Waals surface area contributed by atoms with Gasteiger partial charge in [-0.3, -0.25) is 15.3 Å². The summed E-state index contributed by atoms with van der Waals surface area (Å²) >= 11 is 0. The number of halogens is 9. The molecule has 0 bridgehead atoms. The van der Waals surface area contributed by atoms with E-state index in [4.69, 9.17) is 0 Å². The summed E-state index contributed by atoms with van der Waals surface area (Å²) in [5, 5.41) is 42.5. The van der Waals surface area contributed by atoms with E-state index in [9.17, 15) is 39.5 Å². The molecule has 39 heteroatoms. The van der Waals surface area contributed by atoms with Crippen molar-refractivity contribution in [2.24, 2.45) is 7.05 Å². The predicted molar refractivity (Wildman–Crippen MR) is 287 cm³/mol. The van der Waals surface area contributed by atoms with E-state index in [2.05, 4.69) is 135 Å². The second kappa shape index (κ2) is 32.9. The molecule has 0 fully saturated rings. The number of nitrogens with zero attached hydrogens (tertiary/aromatic N) is 27. The number of aromatic nitrogens is 27. The van der Waals surface area contributed by atoms with Crippen molar-refractivity contribution in [1.29, 1.82) is 0 Å². The monoisotopic (exact) mass is 1800 g/mol. The van der Waals surface area contributed by atoms with Crippen LogP contribution in [0.15, 0.2) is 141 Å². The average Bonchev–Trinajstić information content (AvgIpc) is 2.02. The van der Waals surface area contributed by atoms with Crippen LogP contribution in [0.5, 0.6) is 0 Å². The number of para-hydroxylation sites is 1. The molecule has 12 heterocycles. The molecule has 91 heavy (non-hydrogen) atoms. The molecule has 0 amide bonds. The molecular formula is C52H42F9N27Pt3. The zero-order chi connectivity index (χ0) is 63.0. The van der Waals surface area contributed by atoms with Crippen LogP contribution in [0.2, 0.25) is 0 Å². The number of imidazole rings is 3. The number of hydrogen-bond donors (Lipinski definition) is 0. The van der Waals surface area contributed by atoms with Crippen LogP contribution < -0.4 is 30.6 Å². The quantitative estimate of drug-likeness (QED) is 0.133.